The van der Waals surface area contributed by atoms with Gasteiger partial charge in [0.15, 0.2) is 0 Å². The van der Waals surface area contributed by atoms with E-state index < -0.39 is 24.2 Å². The van der Waals surface area contributed by atoms with Gasteiger partial charge in [0, 0.05) is 6.42 Å². The second kappa shape index (κ2) is 14.1. The van der Waals surface area contributed by atoms with Gasteiger partial charge >= 0.3 is 24.2 Å². The van der Waals surface area contributed by atoms with E-state index in [0.717, 1.165) is 11.1 Å². The van der Waals surface area contributed by atoms with Gasteiger partial charge in [-0.3, -0.25) is 9.78 Å². The van der Waals surface area contributed by atoms with E-state index in [-0.39, 0.29) is 41.6 Å². The minimum absolute atomic E-state index is 0.0457. The SMILES string of the molecule is CC(C)(C)c1ccc(C(=O)OOOC(=O)OCCCOC(=O)OOOC(=O)c2ccc(C(C)(C)C)cc2)cc1. The smallest absolute Gasteiger partial charge is 0.432 e. The first-order valence-corrected chi connectivity index (χ1v) is 11.9. The van der Waals surface area contributed by atoms with Crippen LogP contribution in [0.5, 0.6) is 0 Å². The fourth-order valence-electron chi connectivity index (χ4n) is 2.88. The maximum absolute atomic E-state index is 11.9. The number of hydrogen-bond acceptors (Lipinski definition) is 12. The van der Waals surface area contributed by atoms with Crippen LogP contribution in [0.4, 0.5) is 9.59 Å². The zero-order valence-electron chi connectivity index (χ0n) is 22.6. The maximum atomic E-state index is 11.9. The highest BCUT2D eigenvalue weighted by Crippen LogP contribution is 2.23. The highest BCUT2D eigenvalue weighted by atomic mass is 17.5. The normalized spacial score (nSPS) is 11.2. The lowest BCUT2D eigenvalue weighted by atomic mass is 9.87. The summed E-state index contributed by atoms with van der Waals surface area (Å²) in [7, 11) is 0. The molecule has 0 aromatic heterocycles. The second-order valence-electron chi connectivity index (χ2n) is 10.2. The number of benzene rings is 2. The summed E-state index contributed by atoms with van der Waals surface area (Å²) in [5, 5.41) is 8.27. The molecule has 0 unspecified atom stereocenters. The van der Waals surface area contributed by atoms with E-state index in [4.69, 9.17) is 0 Å². The van der Waals surface area contributed by atoms with Crippen LogP contribution in [0.3, 0.4) is 0 Å². The molecule has 12 nitrogen and oxygen atoms in total. The topological polar surface area (TPSA) is 142 Å². The molecule has 0 radical (unpaired) electrons. The summed E-state index contributed by atoms with van der Waals surface area (Å²) in [4.78, 5) is 63.8. The van der Waals surface area contributed by atoms with Gasteiger partial charge in [0.1, 0.15) is 0 Å². The number of carbonyl (C=O) groups excluding carboxylic acids is 4. The third-order valence-corrected chi connectivity index (χ3v) is 5.13. The molecule has 0 spiro atoms. The van der Waals surface area contributed by atoms with E-state index in [0.29, 0.717) is 0 Å². The average molecular weight is 549 g/mol. The van der Waals surface area contributed by atoms with Gasteiger partial charge in [-0.25, -0.2) is 29.0 Å². The minimum atomic E-state index is -1.29. The quantitative estimate of drug-likeness (QED) is 0.156. The minimum Gasteiger partial charge on any atom is -0.432 e. The summed E-state index contributed by atoms with van der Waals surface area (Å²) >= 11 is 0. The van der Waals surface area contributed by atoms with Crippen LogP contribution in [-0.4, -0.2) is 37.5 Å². The third-order valence-electron chi connectivity index (χ3n) is 5.13. The molecule has 0 heterocycles. The predicted octanol–water partition coefficient (Wildman–Crippen LogP) is 5.69. The highest BCUT2D eigenvalue weighted by molar-refractivity contribution is 5.89. The molecule has 0 bridgehead atoms. The molecule has 0 fully saturated rings. The van der Waals surface area contributed by atoms with E-state index in [1.165, 1.54) is 0 Å². The van der Waals surface area contributed by atoms with Gasteiger partial charge in [-0.05, 0) is 46.2 Å². The fourth-order valence-corrected chi connectivity index (χ4v) is 2.88. The summed E-state index contributed by atoms with van der Waals surface area (Å²) in [6.45, 7) is 11.7. The Bertz CT molecular complexity index is 1020. The van der Waals surface area contributed by atoms with Crippen molar-refractivity contribution in [3.63, 3.8) is 0 Å². The Morgan fingerprint density at radius 1 is 0.538 bits per heavy atom. The van der Waals surface area contributed by atoms with Crippen LogP contribution in [0.2, 0.25) is 0 Å². The molecule has 0 aliphatic rings. The first-order chi connectivity index (χ1) is 18.3. The van der Waals surface area contributed by atoms with Gasteiger partial charge in [-0.1, -0.05) is 65.8 Å². The van der Waals surface area contributed by atoms with Gasteiger partial charge < -0.3 is 9.47 Å². The number of hydrogen-bond donors (Lipinski definition) is 0. The van der Waals surface area contributed by atoms with Gasteiger partial charge in [0.2, 0.25) is 0 Å². The Balaban J connectivity index is 1.53. The largest absolute Gasteiger partial charge is 0.543 e. The van der Waals surface area contributed by atoms with Crippen LogP contribution in [0, 0.1) is 0 Å². The first kappa shape index (κ1) is 31.1. The Morgan fingerprint density at radius 2 is 0.872 bits per heavy atom. The molecule has 0 atom stereocenters. The molecule has 0 saturated carbocycles. The van der Waals surface area contributed by atoms with Crippen molar-refractivity contribution < 1.29 is 58.3 Å². The van der Waals surface area contributed by atoms with Crippen LogP contribution >= 0.6 is 0 Å². The molecule has 0 aliphatic heterocycles. The molecular weight excluding hydrogens is 516 g/mol. The zero-order chi connectivity index (χ0) is 29.1. The molecule has 0 amide bonds. The molecule has 0 N–H and O–H groups in total. The number of rotatable bonds is 10. The molecule has 2 aromatic rings. The Labute approximate surface area is 225 Å². The summed E-state index contributed by atoms with van der Waals surface area (Å²) in [5.74, 6) is -1.75. The Kier molecular flexibility index (Phi) is 11.2. The van der Waals surface area contributed by atoms with E-state index >= 15 is 0 Å². The highest BCUT2D eigenvalue weighted by Gasteiger charge is 2.18. The van der Waals surface area contributed by atoms with Gasteiger partial charge in [0.05, 0.1) is 34.4 Å². The molecule has 0 saturated heterocycles. The molecule has 0 aliphatic carbocycles. The van der Waals surface area contributed by atoms with Crippen molar-refractivity contribution >= 4 is 24.2 Å². The summed E-state index contributed by atoms with van der Waals surface area (Å²) in [6, 6.07) is 13.3. The van der Waals surface area contributed by atoms with Gasteiger partial charge in [-0.2, -0.15) is 0 Å². The van der Waals surface area contributed by atoms with Crippen molar-refractivity contribution in [2.75, 3.05) is 13.2 Å². The van der Waals surface area contributed by atoms with E-state index in [1.54, 1.807) is 48.5 Å². The number of ether oxygens (including phenoxy) is 2. The van der Waals surface area contributed by atoms with Crippen LogP contribution in [-0.2, 0) is 49.9 Å². The number of carbonyl (C=O) groups is 4. The van der Waals surface area contributed by atoms with Crippen LogP contribution in [0.1, 0.15) is 79.8 Å². The van der Waals surface area contributed by atoms with Gasteiger partial charge in [0.25, 0.3) is 0 Å². The van der Waals surface area contributed by atoms with Crippen LogP contribution < -0.4 is 0 Å². The van der Waals surface area contributed by atoms with Crippen LogP contribution in [0.25, 0.3) is 0 Å². The molecule has 12 heteroatoms. The van der Waals surface area contributed by atoms with E-state index in [9.17, 15) is 19.2 Å². The molecule has 2 rings (SSSR count). The monoisotopic (exact) mass is 548 g/mol. The first-order valence-electron chi connectivity index (χ1n) is 11.9. The van der Waals surface area contributed by atoms with Crippen molar-refractivity contribution in [1.82, 2.24) is 0 Å². The van der Waals surface area contributed by atoms with E-state index in [2.05, 4.69) is 39.1 Å². The molecule has 39 heavy (non-hydrogen) atoms. The lowest BCUT2D eigenvalue weighted by Gasteiger charge is -2.18. The van der Waals surface area contributed by atoms with Crippen molar-refractivity contribution in [3.05, 3.63) is 70.8 Å². The Hall–Kier alpha value is -4.16. The van der Waals surface area contributed by atoms with E-state index in [1.807, 2.05) is 41.5 Å². The molecule has 212 valence electrons. The van der Waals surface area contributed by atoms with Crippen LogP contribution in [0.15, 0.2) is 48.5 Å². The van der Waals surface area contributed by atoms with Crippen molar-refractivity contribution in [2.24, 2.45) is 0 Å². The molecular formula is C27H32O12. The van der Waals surface area contributed by atoms with Crippen molar-refractivity contribution in [3.8, 4) is 0 Å². The van der Waals surface area contributed by atoms with Crippen molar-refractivity contribution in [2.45, 2.75) is 58.8 Å². The zero-order valence-corrected chi connectivity index (χ0v) is 22.6. The van der Waals surface area contributed by atoms with Crippen molar-refractivity contribution in [1.29, 1.82) is 0 Å². The second-order valence-corrected chi connectivity index (χ2v) is 10.2. The average Bonchev–Trinajstić information content (AvgIpc) is 2.87. The summed E-state index contributed by atoms with van der Waals surface area (Å²) in [5.41, 5.74) is 2.26. The lowest BCUT2D eigenvalue weighted by molar-refractivity contribution is -0.452. The maximum Gasteiger partial charge on any atom is 0.543 e. The summed E-state index contributed by atoms with van der Waals surface area (Å²) in [6.07, 6.45) is -2.54. The lowest BCUT2D eigenvalue weighted by Crippen LogP contribution is -2.15. The fraction of sp³-hybridized carbons (Fsp3) is 0.407. The third kappa shape index (κ3) is 11.0. The Morgan fingerprint density at radius 3 is 1.18 bits per heavy atom. The van der Waals surface area contributed by atoms with Gasteiger partial charge in [-0.15, -0.1) is 0 Å². The standard InChI is InChI=1S/C27H32O12/c1-26(2,3)20-12-8-18(9-13-20)22(28)34-38-36-24(30)32-16-7-17-33-25(31)37-39-35-23(29)19-10-14-21(15-11-19)27(4,5)6/h8-15H,7,16-17H2,1-6H3. The summed E-state index contributed by atoms with van der Waals surface area (Å²) < 4.78 is 9.29. The molecule has 2 aromatic carbocycles. The predicted molar refractivity (Wildman–Crippen MR) is 133 cm³/mol.